The number of ketones is 1. The monoisotopic (exact) mass is 719 g/mol. The molecule has 0 spiro atoms. The van der Waals surface area contributed by atoms with Crippen molar-refractivity contribution < 1.29 is 50.2 Å². The first-order valence-electron chi connectivity index (χ1n) is 15.3. The predicted molar refractivity (Wildman–Crippen MR) is 167 cm³/mol. The van der Waals surface area contributed by atoms with Crippen LogP contribution in [0.4, 0.5) is 36.6 Å². The van der Waals surface area contributed by atoms with Crippen molar-refractivity contribution in [2.45, 2.75) is 70.9 Å². The van der Waals surface area contributed by atoms with Gasteiger partial charge in [0.1, 0.15) is 28.3 Å². The van der Waals surface area contributed by atoms with E-state index < -0.39 is 54.1 Å². The number of carboxylic acids is 1. The second kappa shape index (κ2) is 15.8. The van der Waals surface area contributed by atoms with Gasteiger partial charge in [0, 0.05) is 36.5 Å². The number of carbonyl (C=O) groups excluding carboxylic acids is 1. The van der Waals surface area contributed by atoms with Gasteiger partial charge in [0.15, 0.2) is 5.78 Å². The van der Waals surface area contributed by atoms with Gasteiger partial charge in [-0.25, -0.2) is 15.0 Å². The molecule has 9 nitrogen and oxygen atoms in total. The standard InChI is InChI=1S/C31H32F7N5O4S.CH4/c32-8-2-12-47-23-5-4-19(13-20(23)30(33,34)35)28-24(17-43-9-1-3-25(43)31(36,37)38)48-27(41-28)14-22(44)21-15-40-26(16-39-21)42-10-6-18(7-11-42)29(45)46;/h4-5,13,15-16,18,25H,1-3,6-12,14,17H2,(H,45,46);1H4/t25-;/m0./s1. The molecule has 1 atom stereocenters. The summed E-state index contributed by atoms with van der Waals surface area (Å²) in [6.45, 7) is -0.266. The molecule has 0 radical (unpaired) electrons. The third-order valence-corrected chi connectivity index (χ3v) is 9.37. The van der Waals surface area contributed by atoms with E-state index in [0.29, 0.717) is 38.2 Å². The molecule has 3 aromatic rings. The van der Waals surface area contributed by atoms with Gasteiger partial charge < -0.3 is 14.7 Å². The highest BCUT2D eigenvalue weighted by molar-refractivity contribution is 7.12. The maximum absolute atomic E-state index is 14.0. The number of carboxylic acid groups (broad SMARTS) is 1. The first-order chi connectivity index (χ1) is 22.7. The van der Waals surface area contributed by atoms with Gasteiger partial charge in [-0.3, -0.25) is 18.9 Å². The molecule has 268 valence electrons. The van der Waals surface area contributed by atoms with E-state index in [1.807, 2.05) is 4.90 Å². The highest BCUT2D eigenvalue weighted by atomic mass is 32.1. The Kier molecular flexibility index (Phi) is 12.2. The van der Waals surface area contributed by atoms with Crippen molar-refractivity contribution >= 4 is 28.9 Å². The highest BCUT2D eigenvalue weighted by Gasteiger charge is 2.46. The average molecular weight is 720 g/mol. The van der Waals surface area contributed by atoms with Crippen molar-refractivity contribution in [3.05, 3.63) is 51.7 Å². The third kappa shape index (κ3) is 9.23. The maximum atomic E-state index is 14.0. The fourth-order valence-corrected chi connectivity index (χ4v) is 6.97. The molecule has 1 aromatic carbocycles. The quantitative estimate of drug-likeness (QED) is 0.118. The molecule has 0 saturated carbocycles. The van der Waals surface area contributed by atoms with Crippen LogP contribution in [0.2, 0.25) is 0 Å². The van der Waals surface area contributed by atoms with E-state index in [2.05, 4.69) is 15.0 Å². The van der Waals surface area contributed by atoms with Crippen molar-refractivity contribution in [3.8, 4) is 17.0 Å². The molecule has 49 heavy (non-hydrogen) atoms. The Labute approximate surface area is 282 Å². The lowest BCUT2D eigenvalue weighted by atomic mass is 9.97. The van der Waals surface area contributed by atoms with Gasteiger partial charge in [-0.05, 0) is 50.4 Å². The van der Waals surface area contributed by atoms with Crippen LogP contribution >= 0.6 is 11.3 Å². The smallest absolute Gasteiger partial charge is 0.419 e. The number of aromatic nitrogens is 3. The number of ether oxygens (including phenoxy) is 1. The highest BCUT2D eigenvalue weighted by Crippen LogP contribution is 2.41. The number of rotatable bonds is 12. The summed E-state index contributed by atoms with van der Waals surface area (Å²) in [7, 11) is 0. The van der Waals surface area contributed by atoms with Crippen molar-refractivity contribution in [1.29, 1.82) is 0 Å². The number of hydrogen-bond acceptors (Lipinski definition) is 9. The molecule has 2 fully saturated rings. The number of thiazole rings is 1. The largest absolute Gasteiger partial charge is 0.493 e. The van der Waals surface area contributed by atoms with E-state index in [1.165, 1.54) is 23.4 Å². The zero-order valence-corrected chi connectivity index (χ0v) is 26.3. The molecule has 0 aliphatic carbocycles. The minimum atomic E-state index is -4.86. The Morgan fingerprint density at radius 3 is 2.37 bits per heavy atom. The number of nitrogens with zero attached hydrogens (tertiary/aromatic N) is 5. The number of aliphatic carboxylic acids is 1. The third-order valence-electron chi connectivity index (χ3n) is 8.33. The van der Waals surface area contributed by atoms with Gasteiger partial charge in [0.2, 0.25) is 0 Å². The van der Waals surface area contributed by atoms with Crippen LogP contribution < -0.4 is 9.64 Å². The summed E-state index contributed by atoms with van der Waals surface area (Å²) in [5.74, 6) is -1.85. The number of likely N-dealkylation sites (tertiary alicyclic amines) is 1. The van der Waals surface area contributed by atoms with Crippen LogP contribution in [0.25, 0.3) is 11.3 Å². The number of piperidine rings is 1. The Balaban J connectivity index is 0.00000541. The molecule has 2 aromatic heterocycles. The molecule has 4 heterocycles. The number of benzene rings is 1. The molecule has 0 amide bonds. The Morgan fingerprint density at radius 1 is 1.02 bits per heavy atom. The summed E-state index contributed by atoms with van der Waals surface area (Å²) < 4.78 is 101. The zero-order valence-electron chi connectivity index (χ0n) is 25.5. The van der Waals surface area contributed by atoms with E-state index in [1.54, 1.807) is 0 Å². The van der Waals surface area contributed by atoms with Crippen molar-refractivity contribution in [3.63, 3.8) is 0 Å². The summed E-state index contributed by atoms with van der Waals surface area (Å²) in [6, 6.07) is 1.45. The molecule has 17 heteroatoms. The molecule has 2 aliphatic heterocycles. The molecule has 1 N–H and O–H groups in total. The molecule has 0 unspecified atom stereocenters. The Bertz CT molecular complexity index is 1590. The lowest BCUT2D eigenvalue weighted by molar-refractivity contribution is -0.177. The van der Waals surface area contributed by atoms with Gasteiger partial charge >= 0.3 is 18.3 Å². The lowest BCUT2D eigenvalue weighted by Crippen LogP contribution is -2.40. The van der Waals surface area contributed by atoms with Crippen LogP contribution in [0.5, 0.6) is 5.75 Å². The second-order valence-corrected chi connectivity index (χ2v) is 12.8. The van der Waals surface area contributed by atoms with Crippen molar-refractivity contribution in [2.75, 3.05) is 37.8 Å². The molecule has 0 bridgehead atoms. The van der Waals surface area contributed by atoms with Crippen LogP contribution in [-0.4, -0.2) is 81.8 Å². The minimum absolute atomic E-state index is 0. The molecule has 2 aliphatic rings. The minimum Gasteiger partial charge on any atom is -0.493 e. The lowest BCUT2D eigenvalue weighted by Gasteiger charge is -2.30. The van der Waals surface area contributed by atoms with Crippen LogP contribution in [0, 0.1) is 5.92 Å². The number of halogens is 7. The SMILES string of the molecule is C.O=C(Cc1nc(-c2ccc(OCCCF)c(C(F)(F)F)c2)c(CN2CCC[C@H]2C(F)(F)F)s1)c1cnc(N2CCC(C(=O)O)CC2)cn1. The Hall–Kier alpha value is -3.86. The van der Waals surface area contributed by atoms with E-state index >= 15 is 0 Å². The predicted octanol–water partition coefficient (Wildman–Crippen LogP) is 7.25. The van der Waals surface area contributed by atoms with Gasteiger partial charge in [0.25, 0.3) is 0 Å². The van der Waals surface area contributed by atoms with Gasteiger partial charge in [-0.1, -0.05) is 7.43 Å². The molecule has 5 rings (SSSR count). The number of alkyl halides is 7. The van der Waals surface area contributed by atoms with Crippen molar-refractivity contribution in [1.82, 2.24) is 19.9 Å². The number of carbonyl (C=O) groups is 2. The summed E-state index contributed by atoms with van der Waals surface area (Å²) in [4.78, 5) is 40.7. The maximum Gasteiger partial charge on any atom is 0.419 e. The normalized spacial score (nSPS) is 17.6. The number of anilines is 1. The molecular formula is C32H36F7N5O4S. The van der Waals surface area contributed by atoms with E-state index in [9.17, 15) is 45.4 Å². The van der Waals surface area contributed by atoms with E-state index in [0.717, 1.165) is 23.5 Å². The zero-order chi connectivity index (χ0) is 34.6. The average Bonchev–Trinajstić information content (AvgIpc) is 3.68. The van der Waals surface area contributed by atoms with Gasteiger partial charge in [0.05, 0.1) is 49.3 Å². The fraction of sp³-hybridized carbons (Fsp3) is 0.531. The second-order valence-electron chi connectivity index (χ2n) is 11.6. The fourth-order valence-electron chi connectivity index (χ4n) is 5.85. The number of hydrogen-bond donors (Lipinski definition) is 1. The van der Waals surface area contributed by atoms with Crippen LogP contribution in [0.1, 0.15) is 65.5 Å². The van der Waals surface area contributed by atoms with Gasteiger partial charge in [-0.15, -0.1) is 11.3 Å². The first kappa shape index (κ1) is 38.0. The van der Waals surface area contributed by atoms with Crippen LogP contribution in [0.3, 0.4) is 0 Å². The molecule has 2 saturated heterocycles. The Morgan fingerprint density at radius 2 is 1.76 bits per heavy atom. The van der Waals surface area contributed by atoms with E-state index in [4.69, 9.17) is 4.74 Å². The summed E-state index contributed by atoms with van der Waals surface area (Å²) in [5.41, 5.74) is -1.16. The van der Waals surface area contributed by atoms with Crippen molar-refractivity contribution in [2.24, 2.45) is 5.92 Å². The topological polar surface area (TPSA) is 109 Å². The summed E-state index contributed by atoms with van der Waals surface area (Å²) in [6.07, 6.45) is -6.07. The summed E-state index contributed by atoms with van der Waals surface area (Å²) in [5, 5.41) is 9.38. The van der Waals surface area contributed by atoms with Crippen LogP contribution in [-0.2, 0) is 23.9 Å². The first-order valence-corrected chi connectivity index (χ1v) is 16.1. The van der Waals surface area contributed by atoms with Crippen LogP contribution in [0.15, 0.2) is 30.6 Å². The summed E-state index contributed by atoms with van der Waals surface area (Å²) >= 11 is 0.940. The number of Topliss-reactive ketones (excluding diaryl/α,β-unsaturated/α-hetero) is 1. The van der Waals surface area contributed by atoms with Gasteiger partial charge in [-0.2, -0.15) is 26.3 Å². The molecular weight excluding hydrogens is 683 g/mol. The van der Waals surface area contributed by atoms with E-state index in [-0.39, 0.29) is 73.2 Å².